The van der Waals surface area contributed by atoms with Gasteiger partial charge in [-0.1, -0.05) is 51.7 Å². The van der Waals surface area contributed by atoms with Gasteiger partial charge in [-0.3, -0.25) is 19.2 Å². The van der Waals surface area contributed by atoms with Crippen LogP contribution in [-0.2, 0) is 44.7 Å². The molecule has 1 aromatic rings. The predicted octanol–water partition coefficient (Wildman–Crippen LogP) is 5.33. The molecule has 3 aliphatic heterocycles. The van der Waals surface area contributed by atoms with Crippen LogP contribution < -0.4 is 5.32 Å². The van der Waals surface area contributed by atoms with Crippen LogP contribution in [0.3, 0.4) is 0 Å². The minimum absolute atomic E-state index is 0.0163. The lowest BCUT2D eigenvalue weighted by Crippen LogP contribution is -2.70. The van der Waals surface area contributed by atoms with E-state index in [-0.39, 0.29) is 32.4 Å². The summed E-state index contributed by atoms with van der Waals surface area (Å²) in [7, 11) is 0. The van der Waals surface area contributed by atoms with Gasteiger partial charge in [0.1, 0.15) is 35.4 Å². The number of nitrogens with one attached hydrogen (secondary N) is 1. The third-order valence-corrected chi connectivity index (χ3v) is 10.6. The molecule has 0 aromatic heterocycles. The SMILES string of the molecule is CCCCCC1(CCCCC)O[C@@H]2[C@H]3ON(Cc4ccc(I)cc4)[C@H]4C(=O)OC(CC34C(=O)N[C@H](CO)CCC(=O)OC(C)(C)C)[C@@H]2O1. The van der Waals surface area contributed by atoms with E-state index in [0.717, 1.165) is 47.7 Å². The summed E-state index contributed by atoms with van der Waals surface area (Å²) in [6, 6.07) is 6.14. The van der Waals surface area contributed by atoms with Gasteiger partial charge in [0, 0.05) is 29.3 Å². The summed E-state index contributed by atoms with van der Waals surface area (Å²) >= 11 is 2.24. The highest BCUT2D eigenvalue weighted by atomic mass is 127. The average molecular weight is 785 g/mol. The van der Waals surface area contributed by atoms with Gasteiger partial charge in [0.25, 0.3) is 0 Å². The van der Waals surface area contributed by atoms with Crippen molar-refractivity contribution < 1.29 is 43.3 Å². The lowest BCUT2D eigenvalue weighted by atomic mass is 9.62. The number of carbonyl (C=O) groups excluding carboxylic acids is 3. The van der Waals surface area contributed by atoms with Gasteiger partial charge in [-0.05, 0) is 80.3 Å². The maximum Gasteiger partial charge on any atom is 0.327 e. The van der Waals surface area contributed by atoms with Gasteiger partial charge < -0.3 is 29.4 Å². The smallest absolute Gasteiger partial charge is 0.327 e. The fourth-order valence-electron chi connectivity index (χ4n) is 7.68. The monoisotopic (exact) mass is 784 g/mol. The van der Waals surface area contributed by atoms with Gasteiger partial charge in [0.05, 0.1) is 19.2 Å². The van der Waals surface area contributed by atoms with Crippen molar-refractivity contribution in [3.8, 4) is 0 Å². The van der Waals surface area contributed by atoms with Crippen LogP contribution >= 0.6 is 22.6 Å². The lowest BCUT2D eigenvalue weighted by Gasteiger charge is -2.49. The number of hydrogen-bond donors (Lipinski definition) is 2. The molecular weight excluding hydrogens is 731 g/mol. The van der Waals surface area contributed by atoms with Crippen molar-refractivity contribution in [1.29, 1.82) is 0 Å². The van der Waals surface area contributed by atoms with E-state index in [1.54, 1.807) is 25.8 Å². The quantitative estimate of drug-likeness (QED) is 0.129. The first kappa shape index (κ1) is 37.4. The second-order valence-corrected chi connectivity index (χ2v) is 16.1. The number of benzene rings is 1. The zero-order valence-electron chi connectivity index (χ0n) is 29.0. The number of hydrogen-bond acceptors (Lipinski definition) is 10. The molecule has 2 unspecified atom stereocenters. The fraction of sp³-hybridized carbons (Fsp3) is 0.750. The number of aliphatic hydroxyl groups is 1. The highest BCUT2D eigenvalue weighted by Crippen LogP contribution is 2.58. The van der Waals surface area contributed by atoms with E-state index in [0.29, 0.717) is 12.8 Å². The lowest BCUT2D eigenvalue weighted by molar-refractivity contribution is -0.224. The van der Waals surface area contributed by atoms with Crippen molar-refractivity contribution in [2.75, 3.05) is 6.61 Å². The second kappa shape index (κ2) is 15.6. The van der Waals surface area contributed by atoms with Gasteiger partial charge in [-0.2, -0.15) is 5.06 Å². The summed E-state index contributed by atoms with van der Waals surface area (Å²) in [6.07, 6.45) is 5.10. The molecule has 7 atom stereocenters. The number of aliphatic hydroxyl groups excluding tert-OH is 1. The number of hydroxylamine groups is 2. The Bertz CT molecular complexity index is 1280. The Labute approximate surface area is 298 Å². The number of esters is 2. The molecule has 48 heavy (non-hydrogen) atoms. The van der Waals surface area contributed by atoms with Gasteiger partial charge in [0.2, 0.25) is 5.91 Å². The molecule has 268 valence electrons. The molecule has 12 heteroatoms. The number of halogens is 1. The van der Waals surface area contributed by atoms with E-state index in [4.69, 9.17) is 23.8 Å². The molecule has 3 heterocycles. The van der Waals surface area contributed by atoms with Crippen LogP contribution in [0.4, 0.5) is 0 Å². The summed E-state index contributed by atoms with van der Waals surface area (Å²) < 4.78 is 26.4. The van der Waals surface area contributed by atoms with Crippen molar-refractivity contribution in [3.63, 3.8) is 0 Å². The first-order valence-corrected chi connectivity index (χ1v) is 18.8. The van der Waals surface area contributed by atoms with Crippen molar-refractivity contribution in [2.45, 2.75) is 160 Å². The van der Waals surface area contributed by atoms with Crippen molar-refractivity contribution in [1.82, 2.24) is 10.4 Å². The Morgan fingerprint density at radius 2 is 1.71 bits per heavy atom. The van der Waals surface area contributed by atoms with E-state index < -0.39 is 71.1 Å². The molecule has 3 saturated heterocycles. The maximum absolute atomic E-state index is 14.6. The third-order valence-electron chi connectivity index (χ3n) is 9.92. The van der Waals surface area contributed by atoms with E-state index >= 15 is 0 Å². The van der Waals surface area contributed by atoms with Crippen LogP contribution in [0, 0.1) is 8.99 Å². The van der Waals surface area contributed by atoms with Crippen LogP contribution in [-0.4, -0.2) is 82.5 Å². The average Bonchev–Trinajstić information content (AvgIpc) is 3.58. The summed E-state index contributed by atoms with van der Waals surface area (Å²) in [5.41, 5.74) is -1.10. The minimum Gasteiger partial charge on any atom is -0.460 e. The summed E-state index contributed by atoms with van der Waals surface area (Å²) in [5, 5.41) is 14.9. The number of amides is 1. The Kier molecular flexibility index (Phi) is 12.2. The molecule has 0 radical (unpaired) electrons. The van der Waals surface area contributed by atoms with Gasteiger partial charge >= 0.3 is 11.9 Å². The van der Waals surface area contributed by atoms with E-state index in [1.807, 2.05) is 24.3 Å². The molecule has 0 spiro atoms. The highest BCUT2D eigenvalue weighted by molar-refractivity contribution is 14.1. The van der Waals surface area contributed by atoms with Gasteiger partial charge in [0.15, 0.2) is 11.8 Å². The van der Waals surface area contributed by atoms with Crippen LogP contribution in [0.5, 0.6) is 0 Å². The second-order valence-electron chi connectivity index (χ2n) is 14.8. The molecule has 1 amide bonds. The van der Waals surface area contributed by atoms with Crippen LogP contribution in [0.2, 0.25) is 0 Å². The summed E-state index contributed by atoms with van der Waals surface area (Å²) in [4.78, 5) is 47.8. The number of nitrogens with zero attached hydrogens (tertiary/aromatic N) is 1. The Balaban J connectivity index is 1.46. The summed E-state index contributed by atoms with van der Waals surface area (Å²) in [5.74, 6) is -2.24. The molecule has 4 aliphatic rings. The third kappa shape index (κ3) is 8.04. The van der Waals surface area contributed by atoms with Crippen molar-refractivity contribution >= 4 is 40.4 Å². The van der Waals surface area contributed by atoms with E-state index in [1.165, 1.54) is 0 Å². The highest BCUT2D eigenvalue weighted by Gasteiger charge is 2.76. The number of rotatable bonds is 16. The Hall–Kier alpha value is -1.84. The predicted molar refractivity (Wildman–Crippen MR) is 185 cm³/mol. The van der Waals surface area contributed by atoms with Crippen LogP contribution in [0.15, 0.2) is 24.3 Å². The number of ether oxygens (including phenoxy) is 4. The number of unbranched alkanes of at least 4 members (excludes halogenated alkanes) is 4. The van der Waals surface area contributed by atoms with E-state index in [9.17, 15) is 19.5 Å². The fourth-order valence-corrected chi connectivity index (χ4v) is 8.04. The first-order chi connectivity index (χ1) is 22.8. The van der Waals surface area contributed by atoms with Crippen molar-refractivity contribution in [2.24, 2.45) is 5.41 Å². The maximum atomic E-state index is 14.6. The van der Waals surface area contributed by atoms with Gasteiger partial charge in [-0.25, -0.2) is 0 Å². The van der Waals surface area contributed by atoms with Crippen LogP contribution in [0.1, 0.15) is 111 Å². The standard InChI is InChI=1S/C36H53IN2O9/c1-6-8-10-18-35(19-11-9-7-2)46-28-26-20-36(33(43)38-25(22-40)16-17-27(41)45-34(3,4)5)30(32(42)44-26)39(48-31(36)29(28)47-35)21-23-12-14-24(37)15-13-23/h12-15,25-26,28-31,40H,6-11,16-22H2,1-5H3,(H,38,43)/t25-,26?,28-,29-,30-,31+,36?/m0/s1. The molecule has 11 nitrogen and oxygen atoms in total. The van der Waals surface area contributed by atoms with Gasteiger partial charge in [-0.15, -0.1) is 0 Å². The molecular formula is C36H53IN2O9. The zero-order chi connectivity index (χ0) is 34.7. The molecule has 1 saturated carbocycles. The molecule has 2 N–H and O–H groups in total. The molecule has 1 aliphatic carbocycles. The topological polar surface area (TPSA) is 133 Å². The molecule has 1 aromatic carbocycles. The Morgan fingerprint density at radius 3 is 2.31 bits per heavy atom. The largest absolute Gasteiger partial charge is 0.460 e. The molecule has 5 rings (SSSR count). The van der Waals surface area contributed by atoms with Crippen molar-refractivity contribution in [3.05, 3.63) is 33.4 Å². The summed E-state index contributed by atoms with van der Waals surface area (Å²) in [6.45, 7) is 9.56. The minimum atomic E-state index is -1.37. The Morgan fingerprint density at radius 1 is 1.06 bits per heavy atom. The normalized spacial score (nSPS) is 29.6. The van der Waals surface area contributed by atoms with E-state index in [2.05, 4.69) is 41.8 Å². The van der Waals surface area contributed by atoms with Crippen LogP contribution in [0.25, 0.3) is 0 Å². The number of carbonyl (C=O) groups is 3. The zero-order valence-corrected chi connectivity index (χ0v) is 31.2. The molecule has 4 fully saturated rings. The number of fused-ring (bicyclic) bond motifs is 4. The molecule has 2 bridgehead atoms. The first-order valence-electron chi connectivity index (χ1n) is 17.7.